The van der Waals surface area contributed by atoms with E-state index in [1.54, 1.807) is 11.9 Å². The molecule has 0 aliphatic heterocycles. The molecule has 1 aromatic carbocycles. The second-order valence-electron chi connectivity index (χ2n) is 3.93. The first-order chi connectivity index (χ1) is 9.15. The van der Waals surface area contributed by atoms with Gasteiger partial charge in [0.15, 0.2) is 4.34 Å². The number of carbonyl (C=O) groups excluding carboxylic acids is 1. The lowest BCUT2D eigenvalue weighted by molar-refractivity contribution is -0.127. The van der Waals surface area contributed by atoms with Gasteiger partial charge < -0.3 is 10.6 Å². The second-order valence-corrected chi connectivity index (χ2v) is 6.16. The topological polar surface area (TPSA) is 72.1 Å². The molecule has 1 aromatic heterocycles. The van der Waals surface area contributed by atoms with Crippen LogP contribution in [0.1, 0.15) is 5.56 Å². The summed E-state index contributed by atoms with van der Waals surface area (Å²) in [6.45, 7) is 0.610. The van der Waals surface area contributed by atoms with Crippen molar-refractivity contribution in [3.63, 3.8) is 0 Å². The molecule has 0 unspecified atom stereocenters. The zero-order valence-corrected chi connectivity index (χ0v) is 12.1. The van der Waals surface area contributed by atoms with E-state index in [1.807, 2.05) is 30.3 Å². The van der Waals surface area contributed by atoms with Gasteiger partial charge >= 0.3 is 0 Å². The summed E-state index contributed by atoms with van der Waals surface area (Å²) in [7, 11) is 1.80. The van der Waals surface area contributed by atoms with Gasteiger partial charge in [-0.05, 0) is 5.56 Å². The Labute approximate surface area is 119 Å². The summed E-state index contributed by atoms with van der Waals surface area (Å²) < 4.78 is 0.721. The Bertz CT molecular complexity index is 544. The van der Waals surface area contributed by atoms with E-state index in [-0.39, 0.29) is 5.91 Å². The molecule has 0 radical (unpaired) electrons. The fraction of sp³-hybridized carbons (Fsp3) is 0.250. The number of carbonyl (C=O) groups is 1. The lowest BCUT2D eigenvalue weighted by atomic mass is 10.2. The molecule has 2 N–H and O–H groups in total. The molecule has 7 heteroatoms. The third kappa shape index (κ3) is 4.22. The van der Waals surface area contributed by atoms with Gasteiger partial charge in [-0.2, -0.15) is 0 Å². The zero-order chi connectivity index (χ0) is 13.7. The van der Waals surface area contributed by atoms with Gasteiger partial charge in [-0.3, -0.25) is 4.79 Å². The zero-order valence-electron chi connectivity index (χ0n) is 10.4. The van der Waals surface area contributed by atoms with E-state index in [0.29, 0.717) is 17.4 Å². The third-order valence-corrected chi connectivity index (χ3v) is 4.30. The van der Waals surface area contributed by atoms with Crippen LogP contribution in [0.4, 0.5) is 5.13 Å². The number of aromatic nitrogens is 2. The molecule has 0 fully saturated rings. The maximum absolute atomic E-state index is 12.0. The number of hydrogen-bond acceptors (Lipinski definition) is 6. The van der Waals surface area contributed by atoms with Crippen molar-refractivity contribution < 1.29 is 4.79 Å². The number of nitrogen functional groups attached to an aromatic ring is 1. The third-order valence-electron chi connectivity index (χ3n) is 2.43. The summed E-state index contributed by atoms with van der Waals surface area (Å²) in [5.74, 6) is 0.403. The lowest BCUT2D eigenvalue weighted by Crippen LogP contribution is -2.27. The number of benzene rings is 1. The average molecular weight is 294 g/mol. The Morgan fingerprint density at radius 2 is 2.11 bits per heavy atom. The summed E-state index contributed by atoms with van der Waals surface area (Å²) in [6.07, 6.45) is 0. The maximum atomic E-state index is 12.0. The Balaban J connectivity index is 1.82. The summed E-state index contributed by atoms with van der Waals surface area (Å²) in [5.41, 5.74) is 6.60. The van der Waals surface area contributed by atoms with Crippen LogP contribution in [-0.4, -0.2) is 33.8 Å². The van der Waals surface area contributed by atoms with Crippen LogP contribution in [0.15, 0.2) is 34.7 Å². The molecule has 0 atom stereocenters. The molecule has 0 spiro atoms. The normalized spacial score (nSPS) is 10.4. The van der Waals surface area contributed by atoms with Gasteiger partial charge in [-0.1, -0.05) is 53.4 Å². The van der Waals surface area contributed by atoms with Crippen molar-refractivity contribution in [3.05, 3.63) is 35.9 Å². The first kappa shape index (κ1) is 13.8. The van der Waals surface area contributed by atoms with Crippen molar-refractivity contribution in [2.75, 3.05) is 18.5 Å². The molecule has 1 heterocycles. The molecule has 0 saturated heterocycles. The predicted octanol–water partition coefficient (Wildman–Crippen LogP) is 1.87. The minimum atomic E-state index is 0.0580. The quantitative estimate of drug-likeness (QED) is 0.852. The number of rotatable bonds is 5. The van der Waals surface area contributed by atoms with Crippen LogP contribution in [-0.2, 0) is 11.3 Å². The molecular weight excluding hydrogens is 280 g/mol. The average Bonchev–Trinajstić information content (AvgIpc) is 2.83. The summed E-state index contributed by atoms with van der Waals surface area (Å²) in [5, 5.41) is 8.00. The Morgan fingerprint density at radius 1 is 1.37 bits per heavy atom. The van der Waals surface area contributed by atoms with Crippen molar-refractivity contribution in [1.29, 1.82) is 0 Å². The maximum Gasteiger partial charge on any atom is 0.233 e. The van der Waals surface area contributed by atoms with E-state index in [0.717, 1.165) is 9.90 Å². The minimum Gasteiger partial charge on any atom is -0.374 e. The number of thioether (sulfide) groups is 1. The van der Waals surface area contributed by atoms with Crippen LogP contribution < -0.4 is 5.73 Å². The number of nitrogens with two attached hydrogens (primary N) is 1. The molecule has 2 rings (SSSR count). The van der Waals surface area contributed by atoms with Gasteiger partial charge in [0.1, 0.15) is 0 Å². The molecular formula is C12H14N4OS2. The van der Waals surface area contributed by atoms with Crippen LogP contribution in [0.3, 0.4) is 0 Å². The van der Waals surface area contributed by atoms with Crippen LogP contribution in [0.25, 0.3) is 0 Å². The van der Waals surface area contributed by atoms with E-state index >= 15 is 0 Å². The smallest absolute Gasteiger partial charge is 0.233 e. The standard InChI is InChI=1S/C12H14N4OS2/c1-16(7-9-5-3-2-4-6-9)10(17)8-18-12-15-14-11(13)19-12/h2-6H,7-8H2,1H3,(H2,13,14). The number of hydrogen-bond donors (Lipinski definition) is 1. The predicted molar refractivity (Wildman–Crippen MR) is 78.0 cm³/mol. The number of amides is 1. The Kier molecular flexibility index (Phi) is 4.75. The van der Waals surface area contributed by atoms with Crippen molar-refractivity contribution in [3.8, 4) is 0 Å². The van der Waals surface area contributed by atoms with Gasteiger partial charge in [-0.25, -0.2) is 0 Å². The first-order valence-electron chi connectivity index (χ1n) is 5.65. The van der Waals surface area contributed by atoms with E-state index in [2.05, 4.69) is 10.2 Å². The van der Waals surface area contributed by atoms with Crippen LogP contribution in [0, 0.1) is 0 Å². The van der Waals surface area contributed by atoms with Crippen molar-refractivity contribution in [2.24, 2.45) is 0 Å². The molecule has 0 bridgehead atoms. The van der Waals surface area contributed by atoms with Crippen LogP contribution in [0.5, 0.6) is 0 Å². The van der Waals surface area contributed by atoms with Crippen LogP contribution in [0.2, 0.25) is 0 Å². The number of anilines is 1. The van der Waals surface area contributed by atoms with Gasteiger partial charge in [0.2, 0.25) is 11.0 Å². The van der Waals surface area contributed by atoms with E-state index < -0.39 is 0 Å². The molecule has 0 saturated carbocycles. The summed E-state index contributed by atoms with van der Waals surface area (Å²) in [4.78, 5) is 13.7. The molecule has 0 aliphatic rings. The fourth-order valence-electron chi connectivity index (χ4n) is 1.46. The van der Waals surface area contributed by atoms with Crippen molar-refractivity contribution in [1.82, 2.24) is 15.1 Å². The van der Waals surface area contributed by atoms with Gasteiger partial charge in [0.25, 0.3) is 0 Å². The number of nitrogens with zero attached hydrogens (tertiary/aromatic N) is 3. The lowest BCUT2D eigenvalue weighted by Gasteiger charge is -2.16. The molecule has 2 aromatic rings. The second kappa shape index (κ2) is 6.53. The van der Waals surface area contributed by atoms with E-state index in [1.165, 1.54) is 23.1 Å². The first-order valence-corrected chi connectivity index (χ1v) is 7.45. The van der Waals surface area contributed by atoms with Crippen LogP contribution >= 0.6 is 23.1 Å². The van der Waals surface area contributed by atoms with Gasteiger partial charge in [0.05, 0.1) is 5.75 Å². The van der Waals surface area contributed by atoms with E-state index in [4.69, 9.17) is 5.73 Å². The molecule has 5 nitrogen and oxygen atoms in total. The fourth-order valence-corrected chi connectivity index (χ4v) is 3.03. The van der Waals surface area contributed by atoms with Crippen molar-refractivity contribution in [2.45, 2.75) is 10.9 Å². The molecule has 0 aliphatic carbocycles. The SMILES string of the molecule is CN(Cc1ccccc1)C(=O)CSc1nnc(N)s1. The van der Waals surface area contributed by atoms with E-state index in [9.17, 15) is 4.79 Å². The summed E-state index contributed by atoms with van der Waals surface area (Å²) >= 11 is 2.66. The Morgan fingerprint density at radius 3 is 2.74 bits per heavy atom. The highest BCUT2D eigenvalue weighted by molar-refractivity contribution is 8.01. The largest absolute Gasteiger partial charge is 0.374 e. The molecule has 1 amide bonds. The monoisotopic (exact) mass is 294 g/mol. The van der Waals surface area contributed by atoms with Gasteiger partial charge in [0, 0.05) is 13.6 Å². The summed E-state index contributed by atoms with van der Waals surface area (Å²) in [6, 6.07) is 9.89. The minimum absolute atomic E-state index is 0.0580. The highest BCUT2D eigenvalue weighted by Crippen LogP contribution is 2.23. The highest BCUT2D eigenvalue weighted by atomic mass is 32.2. The van der Waals surface area contributed by atoms with Gasteiger partial charge in [-0.15, -0.1) is 10.2 Å². The highest BCUT2D eigenvalue weighted by Gasteiger charge is 2.11. The molecule has 100 valence electrons. The van der Waals surface area contributed by atoms with Crippen molar-refractivity contribution >= 4 is 34.1 Å². The molecule has 19 heavy (non-hydrogen) atoms. The Hall–Kier alpha value is -1.60.